The van der Waals surface area contributed by atoms with E-state index in [1.807, 2.05) is 6.07 Å². The SMILES string of the molecule is C[C@@H](NC(=O)C(N)CC(N)=O)c1ccccn1. The van der Waals surface area contributed by atoms with Gasteiger partial charge in [-0.2, -0.15) is 0 Å². The van der Waals surface area contributed by atoms with Gasteiger partial charge in [0.25, 0.3) is 0 Å². The summed E-state index contributed by atoms with van der Waals surface area (Å²) < 4.78 is 0. The molecule has 0 saturated carbocycles. The van der Waals surface area contributed by atoms with E-state index in [0.717, 1.165) is 5.69 Å². The molecule has 0 spiro atoms. The number of hydrogen-bond donors (Lipinski definition) is 3. The van der Waals surface area contributed by atoms with Crippen molar-refractivity contribution in [3.05, 3.63) is 30.1 Å². The number of hydrogen-bond acceptors (Lipinski definition) is 4. The number of carbonyl (C=O) groups excluding carboxylic acids is 2. The molecule has 1 unspecified atom stereocenters. The third-order valence-corrected chi connectivity index (χ3v) is 2.25. The van der Waals surface area contributed by atoms with Gasteiger partial charge >= 0.3 is 0 Å². The molecule has 1 aromatic heterocycles. The van der Waals surface area contributed by atoms with E-state index in [9.17, 15) is 9.59 Å². The van der Waals surface area contributed by atoms with Crippen molar-refractivity contribution >= 4 is 11.8 Å². The van der Waals surface area contributed by atoms with Gasteiger partial charge in [0.15, 0.2) is 0 Å². The molecule has 0 aliphatic rings. The molecule has 92 valence electrons. The molecule has 0 saturated heterocycles. The van der Waals surface area contributed by atoms with Gasteiger partial charge in [-0.25, -0.2) is 0 Å². The third-order valence-electron chi connectivity index (χ3n) is 2.25. The molecule has 0 radical (unpaired) electrons. The van der Waals surface area contributed by atoms with Crippen LogP contribution >= 0.6 is 0 Å². The summed E-state index contributed by atoms with van der Waals surface area (Å²) in [6.45, 7) is 1.79. The first kappa shape index (κ1) is 13.1. The zero-order valence-electron chi connectivity index (χ0n) is 9.59. The van der Waals surface area contributed by atoms with E-state index in [-0.39, 0.29) is 12.5 Å². The Morgan fingerprint density at radius 3 is 2.71 bits per heavy atom. The fraction of sp³-hybridized carbons (Fsp3) is 0.364. The molecule has 0 aliphatic heterocycles. The van der Waals surface area contributed by atoms with Crippen LogP contribution < -0.4 is 16.8 Å². The second-order valence-electron chi connectivity index (χ2n) is 3.76. The zero-order valence-corrected chi connectivity index (χ0v) is 9.59. The first-order chi connectivity index (χ1) is 8.00. The lowest BCUT2D eigenvalue weighted by Gasteiger charge is -2.16. The molecule has 0 aromatic carbocycles. The third kappa shape index (κ3) is 4.20. The van der Waals surface area contributed by atoms with E-state index in [4.69, 9.17) is 11.5 Å². The average molecular weight is 236 g/mol. The first-order valence-electron chi connectivity index (χ1n) is 5.26. The van der Waals surface area contributed by atoms with Crippen LogP contribution in [-0.2, 0) is 9.59 Å². The standard InChI is InChI=1S/C11H16N4O2/c1-7(9-4-2-3-5-14-9)15-11(17)8(12)6-10(13)16/h2-5,7-8H,6,12H2,1H3,(H2,13,16)(H,15,17)/t7-,8?/m1/s1. The van der Waals surface area contributed by atoms with E-state index >= 15 is 0 Å². The topological polar surface area (TPSA) is 111 Å². The predicted octanol–water partition coefficient (Wildman–Crippen LogP) is -0.538. The number of rotatable bonds is 5. The van der Waals surface area contributed by atoms with Crippen LogP contribution in [0.1, 0.15) is 25.1 Å². The fourth-order valence-corrected chi connectivity index (χ4v) is 1.34. The van der Waals surface area contributed by atoms with Crippen LogP contribution in [-0.4, -0.2) is 22.8 Å². The number of aromatic nitrogens is 1. The number of primary amides is 1. The maximum absolute atomic E-state index is 11.6. The monoisotopic (exact) mass is 236 g/mol. The maximum Gasteiger partial charge on any atom is 0.237 e. The Hall–Kier alpha value is -1.95. The van der Waals surface area contributed by atoms with Crippen molar-refractivity contribution < 1.29 is 9.59 Å². The number of amides is 2. The van der Waals surface area contributed by atoms with Crippen LogP contribution in [0.15, 0.2) is 24.4 Å². The van der Waals surface area contributed by atoms with Crippen LogP contribution in [0, 0.1) is 0 Å². The molecule has 1 heterocycles. The second kappa shape index (κ2) is 5.95. The molecular weight excluding hydrogens is 220 g/mol. The van der Waals surface area contributed by atoms with Crippen LogP contribution in [0.5, 0.6) is 0 Å². The number of pyridine rings is 1. The lowest BCUT2D eigenvalue weighted by Crippen LogP contribution is -2.43. The summed E-state index contributed by atoms with van der Waals surface area (Å²) in [6, 6.07) is 4.23. The summed E-state index contributed by atoms with van der Waals surface area (Å²) in [5, 5.41) is 2.67. The Bertz CT molecular complexity index is 394. The molecule has 1 aromatic rings. The summed E-state index contributed by atoms with van der Waals surface area (Å²) in [5.41, 5.74) is 11.2. The molecule has 6 nitrogen and oxygen atoms in total. The molecule has 0 bridgehead atoms. The Morgan fingerprint density at radius 1 is 1.47 bits per heavy atom. The van der Waals surface area contributed by atoms with Crippen LogP contribution in [0.3, 0.4) is 0 Å². The fourth-order valence-electron chi connectivity index (χ4n) is 1.34. The molecule has 5 N–H and O–H groups in total. The molecule has 1 rings (SSSR count). The Morgan fingerprint density at radius 2 is 2.18 bits per heavy atom. The van der Waals surface area contributed by atoms with Gasteiger partial charge in [0.2, 0.25) is 11.8 Å². The van der Waals surface area contributed by atoms with Crippen molar-refractivity contribution in [1.29, 1.82) is 0 Å². The maximum atomic E-state index is 11.6. The molecule has 2 amide bonds. The van der Waals surface area contributed by atoms with Crippen molar-refractivity contribution in [3.8, 4) is 0 Å². The highest BCUT2D eigenvalue weighted by Gasteiger charge is 2.18. The van der Waals surface area contributed by atoms with Gasteiger partial charge in [-0.05, 0) is 19.1 Å². The van der Waals surface area contributed by atoms with Crippen LogP contribution in [0.4, 0.5) is 0 Å². The first-order valence-corrected chi connectivity index (χ1v) is 5.26. The van der Waals surface area contributed by atoms with Gasteiger partial charge in [-0.1, -0.05) is 6.07 Å². The summed E-state index contributed by atoms with van der Waals surface area (Å²) in [5.74, 6) is -1.01. The Labute approximate surface area is 99.4 Å². The molecule has 2 atom stereocenters. The summed E-state index contributed by atoms with van der Waals surface area (Å²) >= 11 is 0. The van der Waals surface area contributed by atoms with E-state index in [0.29, 0.717) is 0 Å². The van der Waals surface area contributed by atoms with Gasteiger partial charge in [0.1, 0.15) is 0 Å². The minimum absolute atomic E-state index is 0.166. The molecule has 0 fully saturated rings. The van der Waals surface area contributed by atoms with E-state index in [1.165, 1.54) is 0 Å². The number of nitrogens with two attached hydrogens (primary N) is 2. The van der Waals surface area contributed by atoms with Crippen molar-refractivity contribution in [3.63, 3.8) is 0 Å². The van der Waals surface area contributed by atoms with Crippen LogP contribution in [0.2, 0.25) is 0 Å². The van der Waals surface area contributed by atoms with Gasteiger partial charge in [0, 0.05) is 6.20 Å². The Balaban J connectivity index is 2.54. The average Bonchev–Trinajstić information content (AvgIpc) is 2.29. The van der Waals surface area contributed by atoms with E-state index in [2.05, 4.69) is 10.3 Å². The summed E-state index contributed by atoms with van der Waals surface area (Å²) in [6.07, 6.45) is 1.47. The van der Waals surface area contributed by atoms with Crippen LogP contribution in [0.25, 0.3) is 0 Å². The van der Waals surface area contributed by atoms with E-state index < -0.39 is 17.9 Å². The van der Waals surface area contributed by atoms with Crippen molar-refractivity contribution in [2.75, 3.05) is 0 Å². The number of nitrogens with zero attached hydrogens (tertiary/aromatic N) is 1. The van der Waals surface area contributed by atoms with Gasteiger partial charge in [-0.3, -0.25) is 14.6 Å². The highest BCUT2D eigenvalue weighted by atomic mass is 16.2. The predicted molar refractivity (Wildman–Crippen MR) is 62.6 cm³/mol. The normalized spacial score (nSPS) is 13.8. The summed E-state index contributed by atoms with van der Waals surface area (Å²) in [7, 11) is 0. The lowest BCUT2D eigenvalue weighted by atomic mass is 10.1. The largest absolute Gasteiger partial charge is 0.370 e. The zero-order chi connectivity index (χ0) is 12.8. The highest BCUT2D eigenvalue weighted by molar-refractivity contribution is 5.87. The minimum atomic E-state index is -0.918. The molecule has 17 heavy (non-hydrogen) atoms. The smallest absolute Gasteiger partial charge is 0.237 e. The van der Waals surface area contributed by atoms with Crippen molar-refractivity contribution in [1.82, 2.24) is 10.3 Å². The highest BCUT2D eigenvalue weighted by Crippen LogP contribution is 2.07. The molecule has 0 aliphatic carbocycles. The number of nitrogens with one attached hydrogen (secondary N) is 1. The second-order valence-corrected chi connectivity index (χ2v) is 3.76. The van der Waals surface area contributed by atoms with Crippen molar-refractivity contribution in [2.45, 2.75) is 25.4 Å². The van der Waals surface area contributed by atoms with Gasteiger partial charge < -0.3 is 16.8 Å². The van der Waals surface area contributed by atoms with E-state index in [1.54, 1.807) is 25.3 Å². The lowest BCUT2D eigenvalue weighted by molar-refractivity contribution is -0.126. The Kier molecular flexibility index (Phi) is 4.59. The number of carbonyl (C=O) groups is 2. The quantitative estimate of drug-likeness (QED) is 0.637. The van der Waals surface area contributed by atoms with Gasteiger partial charge in [0.05, 0.1) is 24.2 Å². The minimum Gasteiger partial charge on any atom is -0.370 e. The van der Waals surface area contributed by atoms with Gasteiger partial charge in [-0.15, -0.1) is 0 Å². The molecule has 6 heteroatoms. The molecular formula is C11H16N4O2. The van der Waals surface area contributed by atoms with Crippen molar-refractivity contribution in [2.24, 2.45) is 11.5 Å². The summed E-state index contributed by atoms with van der Waals surface area (Å²) in [4.78, 5) is 26.3.